The van der Waals surface area contributed by atoms with Crippen LogP contribution < -0.4 is 11.4 Å². The molecule has 2 saturated heterocycles. The molecule has 0 unspecified atom stereocenters. The molecular weight excluding hydrogens is 839 g/mol. The number of aryl methyl sites for hydroxylation is 3. The number of halogens is 2. The number of H-pyrrole nitrogens is 1. The molecule has 18 heteroatoms. The summed E-state index contributed by atoms with van der Waals surface area (Å²) in [5, 5.41) is 14.6. The van der Waals surface area contributed by atoms with Crippen LogP contribution in [0, 0.1) is 31.4 Å². The van der Waals surface area contributed by atoms with Crippen molar-refractivity contribution in [1.82, 2.24) is 48.3 Å². The third-order valence-electron chi connectivity index (χ3n) is 14.3. The van der Waals surface area contributed by atoms with Crippen molar-refractivity contribution in [2.24, 2.45) is 13.0 Å². The van der Waals surface area contributed by atoms with Crippen LogP contribution in [0.1, 0.15) is 82.4 Å². The fraction of sp³-hybridized carbons (Fsp3) is 0.362. The Hall–Kier alpha value is -6.92. The number of hydrogen-bond donors (Lipinski definition) is 1. The van der Waals surface area contributed by atoms with Crippen molar-refractivity contribution in [3.8, 4) is 17.2 Å². The van der Waals surface area contributed by atoms with E-state index in [0.717, 1.165) is 23.7 Å². The van der Waals surface area contributed by atoms with Gasteiger partial charge in [0.1, 0.15) is 22.9 Å². The van der Waals surface area contributed by atoms with Crippen molar-refractivity contribution in [2.75, 3.05) is 26.4 Å². The summed E-state index contributed by atoms with van der Waals surface area (Å²) in [5.74, 6) is -0.956. The molecule has 0 spiro atoms. The van der Waals surface area contributed by atoms with Gasteiger partial charge >= 0.3 is 11.4 Å². The summed E-state index contributed by atoms with van der Waals surface area (Å²) in [6.45, 7) is 7.09. The van der Waals surface area contributed by atoms with E-state index in [1.165, 1.54) is 33.2 Å². The molecule has 3 aromatic carbocycles. The monoisotopic (exact) mass is 882 g/mol. The summed E-state index contributed by atoms with van der Waals surface area (Å²) < 4.78 is 56.2. The summed E-state index contributed by atoms with van der Waals surface area (Å²) in [4.78, 5) is 47.7. The highest BCUT2D eigenvalue weighted by Gasteiger charge is 2.59. The minimum absolute atomic E-state index is 0.0107. The number of morpholine rings is 1. The average molecular weight is 883 g/mol. The zero-order valence-corrected chi connectivity index (χ0v) is 36.0. The molecule has 3 fully saturated rings. The zero-order chi connectivity index (χ0) is 44.6. The van der Waals surface area contributed by atoms with E-state index in [-0.39, 0.29) is 48.4 Å². The first-order valence-corrected chi connectivity index (χ1v) is 21.9. The number of carbonyl (C=O) groups is 1. The van der Waals surface area contributed by atoms with Gasteiger partial charge in [-0.25, -0.2) is 23.1 Å². The number of rotatable bonds is 7. The molecule has 8 aromatic rings. The number of nitrogens with zero attached hydrogens (tertiary/aromatic N) is 9. The van der Waals surface area contributed by atoms with Gasteiger partial charge < -0.3 is 18.9 Å². The zero-order valence-electron chi connectivity index (χ0n) is 36.0. The average Bonchev–Trinajstić information content (AvgIpc) is 3.93. The van der Waals surface area contributed by atoms with Gasteiger partial charge in [-0.2, -0.15) is 10.2 Å². The SMILES string of the molecule is Cc1cc(-n2nc3c(c2-n2ccn(-c4ccc5c(cnn5C)c4F)c2=O)[C@@H]2COC[C@H](C3)N2C(=O)c2cc3cc(C4CCOCC4)ccc3n2[C@@]2(c3noc(=O)[nH]3)C[C@@H]2C)cc(C)c1F. The number of carbonyl (C=O) groups excluding carboxylic acids is 1. The minimum Gasteiger partial charge on any atom is -0.381 e. The van der Waals surface area contributed by atoms with E-state index in [2.05, 4.69) is 40.4 Å². The summed E-state index contributed by atoms with van der Waals surface area (Å²) in [7, 11) is 1.72. The summed E-state index contributed by atoms with van der Waals surface area (Å²) in [6.07, 6.45) is 7.15. The van der Waals surface area contributed by atoms with Gasteiger partial charge in [-0.05, 0) is 104 Å². The Bertz CT molecular complexity index is 3380. The van der Waals surface area contributed by atoms with Gasteiger partial charge in [-0.1, -0.05) is 18.1 Å². The van der Waals surface area contributed by atoms with Crippen molar-refractivity contribution >= 4 is 27.7 Å². The molecule has 1 amide bonds. The topological polar surface area (TPSA) is 165 Å². The minimum atomic E-state index is -0.871. The predicted octanol–water partition coefficient (Wildman–Crippen LogP) is 6.04. The maximum absolute atomic E-state index is 16.2. The van der Waals surface area contributed by atoms with Crippen LogP contribution >= 0.6 is 0 Å². The molecule has 1 aliphatic carbocycles. The predicted molar refractivity (Wildman–Crippen MR) is 232 cm³/mol. The van der Waals surface area contributed by atoms with Gasteiger partial charge in [0.25, 0.3) is 5.91 Å². The molecule has 4 aliphatic rings. The molecule has 0 radical (unpaired) electrons. The number of imidazole rings is 1. The van der Waals surface area contributed by atoms with Gasteiger partial charge in [0.2, 0.25) is 0 Å². The fourth-order valence-electron chi connectivity index (χ4n) is 11.0. The van der Waals surface area contributed by atoms with Crippen LogP contribution in [0.4, 0.5) is 8.78 Å². The third kappa shape index (κ3) is 5.78. The summed E-state index contributed by atoms with van der Waals surface area (Å²) >= 11 is 0. The van der Waals surface area contributed by atoms with Crippen LogP contribution in [-0.4, -0.2) is 86.7 Å². The molecule has 12 rings (SSSR count). The van der Waals surface area contributed by atoms with E-state index in [1.54, 1.807) is 54.7 Å². The second-order valence-corrected chi connectivity index (χ2v) is 18.1. The second kappa shape index (κ2) is 14.3. The normalized spacial score (nSPS) is 22.0. The van der Waals surface area contributed by atoms with E-state index in [0.29, 0.717) is 76.5 Å². The van der Waals surface area contributed by atoms with Gasteiger partial charge in [0.15, 0.2) is 11.6 Å². The lowest BCUT2D eigenvalue weighted by Crippen LogP contribution is -2.55. The number of hydrogen-bond acceptors (Lipinski definition) is 9. The molecule has 1 N–H and O–H groups in total. The quantitative estimate of drug-likeness (QED) is 0.201. The van der Waals surface area contributed by atoms with Crippen LogP contribution in [-0.2, 0) is 28.5 Å². The fourth-order valence-corrected chi connectivity index (χ4v) is 11.0. The van der Waals surface area contributed by atoms with E-state index in [4.69, 9.17) is 19.1 Å². The Balaban J connectivity index is 1.04. The molecule has 65 heavy (non-hydrogen) atoms. The van der Waals surface area contributed by atoms with Crippen LogP contribution in [0.15, 0.2) is 81.2 Å². The lowest BCUT2D eigenvalue weighted by Gasteiger charge is -2.45. The number of amides is 1. The van der Waals surface area contributed by atoms with Gasteiger partial charge in [-0.15, -0.1) is 0 Å². The van der Waals surface area contributed by atoms with E-state index < -0.39 is 34.9 Å². The first kappa shape index (κ1) is 39.7. The number of benzene rings is 3. The van der Waals surface area contributed by atoms with E-state index in [9.17, 15) is 9.59 Å². The number of nitrogens with one attached hydrogen (secondary N) is 1. The van der Waals surface area contributed by atoms with Crippen LogP contribution in [0.25, 0.3) is 39.0 Å². The lowest BCUT2D eigenvalue weighted by atomic mass is 9.90. The number of fused-ring (bicyclic) bond motifs is 6. The van der Waals surface area contributed by atoms with Gasteiger partial charge in [0.05, 0.1) is 59.5 Å². The second-order valence-electron chi connectivity index (χ2n) is 18.1. The Kier molecular flexibility index (Phi) is 8.72. The van der Waals surface area contributed by atoms with Gasteiger partial charge in [-0.3, -0.25) is 28.1 Å². The Labute approximate surface area is 368 Å². The largest absolute Gasteiger partial charge is 0.438 e. The Morgan fingerprint density at radius 2 is 1.68 bits per heavy atom. The van der Waals surface area contributed by atoms with E-state index in [1.807, 2.05) is 15.5 Å². The van der Waals surface area contributed by atoms with E-state index >= 15 is 13.6 Å². The van der Waals surface area contributed by atoms with Crippen molar-refractivity contribution in [1.29, 1.82) is 0 Å². The molecule has 16 nitrogen and oxygen atoms in total. The maximum Gasteiger partial charge on any atom is 0.438 e. The molecular formula is C47H44F2N10O6. The highest BCUT2D eigenvalue weighted by Crippen LogP contribution is 2.56. The summed E-state index contributed by atoms with van der Waals surface area (Å²) in [5.41, 5.74) is 4.05. The molecule has 4 atom stereocenters. The van der Waals surface area contributed by atoms with Crippen molar-refractivity contribution < 1.29 is 27.6 Å². The van der Waals surface area contributed by atoms with Crippen molar-refractivity contribution in [3.05, 3.63) is 139 Å². The highest BCUT2D eigenvalue weighted by molar-refractivity contribution is 6.00. The lowest BCUT2D eigenvalue weighted by molar-refractivity contribution is -0.0441. The molecule has 5 aromatic heterocycles. The Morgan fingerprint density at radius 1 is 0.923 bits per heavy atom. The molecule has 3 aliphatic heterocycles. The molecule has 8 heterocycles. The summed E-state index contributed by atoms with van der Waals surface area (Å²) in [6, 6.07) is 13.7. The molecule has 332 valence electrons. The first-order chi connectivity index (χ1) is 31.4. The van der Waals surface area contributed by atoms with Crippen molar-refractivity contribution in [3.63, 3.8) is 0 Å². The van der Waals surface area contributed by atoms with Crippen LogP contribution in [0.5, 0.6) is 0 Å². The van der Waals surface area contributed by atoms with Gasteiger partial charge in [0, 0.05) is 55.5 Å². The van der Waals surface area contributed by atoms with Crippen molar-refractivity contribution in [2.45, 2.75) is 70.0 Å². The highest BCUT2D eigenvalue weighted by atomic mass is 19.1. The smallest absolute Gasteiger partial charge is 0.381 e. The first-order valence-electron chi connectivity index (χ1n) is 21.9. The molecule has 2 bridgehead atoms. The maximum atomic E-state index is 16.2. The van der Waals surface area contributed by atoms with Crippen LogP contribution in [0.2, 0.25) is 0 Å². The number of ether oxygens (including phenoxy) is 2. The standard InChI is InChI=1S/C47H44F2N10O6/c1-24-15-30(16-25(2)40(24)48)59-42(56-12-11-55(46(56)62)36-8-7-35-32(41(36)49)21-50-54(35)4)39-33(52-59)19-31-22-64-23-38(39)57(31)43(60)37-18-29-17-28(27-9-13-63-14-10-27)5-6-34(29)58(37)47(20-26(47)3)44-51-45(61)65-53-44/h5-8,11-12,15-18,21,26-27,31,38H,9-10,13-14,19-20,22-23H2,1-4H3,(H,51,53,61)/t26-,31-,38-,47-/m0/s1. The Morgan fingerprint density at radius 3 is 2.42 bits per heavy atom. The van der Waals surface area contributed by atoms with Crippen LogP contribution in [0.3, 0.4) is 0 Å². The number of aromatic nitrogens is 9. The molecule has 1 saturated carbocycles. The third-order valence-corrected chi connectivity index (χ3v) is 14.3. The number of aromatic amines is 1.